The molecule has 2 atom stereocenters. The van der Waals surface area contributed by atoms with E-state index in [1.54, 1.807) is 0 Å². The van der Waals surface area contributed by atoms with Crippen molar-refractivity contribution in [2.24, 2.45) is 5.73 Å². The van der Waals surface area contributed by atoms with Crippen molar-refractivity contribution in [1.29, 1.82) is 0 Å². The van der Waals surface area contributed by atoms with Crippen molar-refractivity contribution in [3.8, 4) is 0 Å². The van der Waals surface area contributed by atoms with Gasteiger partial charge < -0.3 is 26.2 Å². The minimum Gasteiger partial charge on any atom is -0.481 e. The third kappa shape index (κ3) is 2.22. The molecule has 0 amide bonds. The van der Waals surface area contributed by atoms with E-state index in [1.165, 1.54) is 0 Å². The molecule has 86 valence electrons. The lowest BCUT2D eigenvalue weighted by Gasteiger charge is -2.34. The van der Waals surface area contributed by atoms with E-state index in [0.717, 1.165) is 0 Å². The van der Waals surface area contributed by atoms with Crippen LogP contribution in [0.5, 0.6) is 0 Å². The van der Waals surface area contributed by atoms with Crippen LogP contribution in [-0.4, -0.2) is 49.5 Å². The predicted molar refractivity (Wildman–Crippen MR) is 45.1 cm³/mol. The van der Waals surface area contributed by atoms with E-state index in [0.29, 0.717) is 6.92 Å². The number of aliphatic carboxylic acids is 3. The van der Waals surface area contributed by atoms with Crippen LogP contribution < -0.4 is 5.73 Å². The van der Waals surface area contributed by atoms with Crippen LogP contribution in [0.15, 0.2) is 0 Å². The van der Waals surface area contributed by atoms with Crippen molar-refractivity contribution in [1.82, 2.24) is 0 Å². The molecule has 8 heteroatoms. The summed E-state index contributed by atoms with van der Waals surface area (Å²) >= 11 is 0. The van der Waals surface area contributed by atoms with E-state index >= 15 is 0 Å². The summed E-state index contributed by atoms with van der Waals surface area (Å²) in [6, 6.07) is 0. The first-order valence-corrected chi connectivity index (χ1v) is 3.75. The SMILES string of the molecule is CC(O)(C(=O)O)C(N)(CC(=O)O)C(=O)O. The molecule has 6 N–H and O–H groups in total. The summed E-state index contributed by atoms with van der Waals surface area (Å²) < 4.78 is 0. The second-order valence-corrected chi connectivity index (χ2v) is 3.22. The number of carboxylic acids is 3. The summed E-state index contributed by atoms with van der Waals surface area (Å²) in [5.41, 5.74) is -0.556. The highest BCUT2D eigenvalue weighted by molar-refractivity contribution is 5.94. The molecule has 0 fully saturated rings. The Kier molecular flexibility index (Phi) is 3.40. The van der Waals surface area contributed by atoms with Gasteiger partial charge in [0.1, 0.15) is 0 Å². The van der Waals surface area contributed by atoms with Crippen LogP contribution in [0.1, 0.15) is 13.3 Å². The van der Waals surface area contributed by atoms with Crippen LogP contribution in [0, 0.1) is 0 Å². The number of aliphatic hydroxyl groups is 1. The predicted octanol–water partition coefficient (Wildman–Crippen LogP) is -1.92. The smallest absolute Gasteiger partial charge is 0.338 e. The molecule has 0 aliphatic heterocycles. The highest BCUT2D eigenvalue weighted by atomic mass is 16.4. The largest absolute Gasteiger partial charge is 0.481 e. The van der Waals surface area contributed by atoms with Crippen molar-refractivity contribution in [2.75, 3.05) is 0 Å². The lowest BCUT2D eigenvalue weighted by atomic mass is 9.79. The van der Waals surface area contributed by atoms with Gasteiger partial charge in [0.2, 0.25) is 0 Å². The number of carboxylic acid groups (broad SMARTS) is 3. The molecule has 0 bridgehead atoms. The molecule has 0 rings (SSSR count). The molecular weight excluding hydrogens is 210 g/mol. The first-order chi connectivity index (χ1) is 6.55. The minimum absolute atomic E-state index is 0.631. The van der Waals surface area contributed by atoms with E-state index in [9.17, 15) is 19.5 Å². The van der Waals surface area contributed by atoms with Crippen LogP contribution in [0.25, 0.3) is 0 Å². The Hall–Kier alpha value is -1.67. The average Bonchev–Trinajstić information content (AvgIpc) is 2.01. The van der Waals surface area contributed by atoms with Crippen molar-refractivity contribution in [3.05, 3.63) is 0 Å². The van der Waals surface area contributed by atoms with E-state index in [2.05, 4.69) is 0 Å². The van der Waals surface area contributed by atoms with Crippen molar-refractivity contribution < 1.29 is 34.8 Å². The first kappa shape index (κ1) is 13.3. The van der Waals surface area contributed by atoms with Crippen LogP contribution in [0.2, 0.25) is 0 Å². The van der Waals surface area contributed by atoms with Crippen LogP contribution >= 0.6 is 0 Å². The van der Waals surface area contributed by atoms with Gasteiger partial charge in [0.15, 0.2) is 11.1 Å². The molecule has 0 radical (unpaired) electrons. The third-order valence-corrected chi connectivity index (χ3v) is 2.10. The summed E-state index contributed by atoms with van der Waals surface area (Å²) in [6.45, 7) is 0.631. The zero-order valence-electron chi connectivity index (χ0n) is 7.80. The first-order valence-electron chi connectivity index (χ1n) is 3.75. The fourth-order valence-corrected chi connectivity index (χ4v) is 0.885. The van der Waals surface area contributed by atoms with Gasteiger partial charge in [-0.3, -0.25) is 9.59 Å². The quantitative estimate of drug-likeness (QED) is 0.359. The monoisotopic (exact) mass is 221 g/mol. The minimum atomic E-state index is -2.88. The van der Waals surface area contributed by atoms with Crippen LogP contribution in [0.4, 0.5) is 0 Å². The zero-order chi connectivity index (χ0) is 12.4. The summed E-state index contributed by atoms with van der Waals surface area (Å²) in [4.78, 5) is 31.6. The Labute approximate surface area is 83.9 Å². The molecule has 0 saturated heterocycles. The van der Waals surface area contributed by atoms with Gasteiger partial charge in [0.05, 0.1) is 6.42 Å². The topological polar surface area (TPSA) is 158 Å². The van der Waals surface area contributed by atoms with Gasteiger partial charge in [-0.2, -0.15) is 0 Å². The fourth-order valence-electron chi connectivity index (χ4n) is 0.885. The normalized spacial score (nSPS) is 18.6. The average molecular weight is 221 g/mol. The summed E-state index contributed by atoms with van der Waals surface area (Å²) in [6.07, 6.45) is -1.21. The molecule has 0 heterocycles. The lowest BCUT2D eigenvalue weighted by Crippen LogP contribution is -2.68. The molecular formula is C7H11NO7. The molecule has 0 aromatic carbocycles. The highest BCUT2D eigenvalue weighted by Gasteiger charge is 2.57. The maximum Gasteiger partial charge on any atom is 0.338 e. The van der Waals surface area contributed by atoms with Gasteiger partial charge in [-0.05, 0) is 6.92 Å². The maximum atomic E-state index is 10.7. The second-order valence-electron chi connectivity index (χ2n) is 3.22. The number of hydrogen-bond acceptors (Lipinski definition) is 5. The van der Waals surface area contributed by atoms with Gasteiger partial charge in [-0.25, -0.2) is 4.79 Å². The molecule has 0 aromatic rings. The van der Waals surface area contributed by atoms with Crippen LogP contribution in [0.3, 0.4) is 0 Å². The van der Waals surface area contributed by atoms with Gasteiger partial charge in [0.25, 0.3) is 0 Å². The zero-order valence-corrected chi connectivity index (χ0v) is 7.80. The molecule has 0 aliphatic rings. The van der Waals surface area contributed by atoms with E-state index in [4.69, 9.17) is 21.1 Å². The molecule has 0 saturated carbocycles. The Morgan fingerprint density at radius 3 is 1.73 bits per heavy atom. The van der Waals surface area contributed by atoms with Gasteiger partial charge in [0, 0.05) is 0 Å². The van der Waals surface area contributed by atoms with E-state index < -0.39 is 35.5 Å². The van der Waals surface area contributed by atoms with E-state index in [1.807, 2.05) is 0 Å². The summed E-state index contributed by atoms with van der Waals surface area (Å²) in [5.74, 6) is -5.44. The van der Waals surface area contributed by atoms with Crippen molar-refractivity contribution in [3.63, 3.8) is 0 Å². The Morgan fingerprint density at radius 1 is 1.13 bits per heavy atom. The van der Waals surface area contributed by atoms with Crippen LogP contribution in [-0.2, 0) is 14.4 Å². The fraction of sp³-hybridized carbons (Fsp3) is 0.571. The highest BCUT2D eigenvalue weighted by Crippen LogP contribution is 2.24. The molecule has 0 spiro atoms. The standard InChI is InChI=1S/C7H11NO7/c1-6(15,4(11)12)7(8,5(13)14)2-3(9)10/h15H,2,8H2,1H3,(H,9,10)(H,11,12)(H,13,14). The molecule has 0 aliphatic carbocycles. The second kappa shape index (κ2) is 3.83. The van der Waals surface area contributed by atoms with Gasteiger partial charge >= 0.3 is 17.9 Å². The van der Waals surface area contributed by atoms with Gasteiger partial charge in [-0.1, -0.05) is 0 Å². The summed E-state index contributed by atoms with van der Waals surface area (Å²) in [5, 5.41) is 35.0. The van der Waals surface area contributed by atoms with Gasteiger partial charge in [-0.15, -0.1) is 0 Å². The molecule has 8 nitrogen and oxygen atoms in total. The third-order valence-electron chi connectivity index (χ3n) is 2.10. The van der Waals surface area contributed by atoms with Crippen molar-refractivity contribution in [2.45, 2.75) is 24.5 Å². The number of nitrogens with two attached hydrogens (primary N) is 1. The van der Waals surface area contributed by atoms with Crippen molar-refractivity contribution >= 4 is 17.9 Å². The maximum absolute atomic E-state index is 10.7. The van der Waals surface area contributed by atoms with E-state index in [-0.39, 0.29) is 0 Å². The lowest BCUT2D eigenvalue weighted by molar-refractivity contribution is -0.177. The Morgan fingerprint density at radius 2 is 1.53 bits per heavy atom. The molecule has 0 aromatic heterocycles. The number of hydrogen-bond donors (Lipinski definition) is 5. The number of rotatable bonds is 5. The summed E-state index contributed by atoms with van der Waals surface area (Å²) in [7, 11) is 0. The molecule has 15 heavy (non-hydrogen) atoms. The molecule has 2 unspecified atom stereocenters. The Balaban J connectivity index is 5.38. The number of carbonyl (C=O) groups is 3. The Bertz CT molecular complexity index is 310.